The van der Waals surface area contributed by atoms with E-state index in [1.165, 1.54) is 24.5 Å². The van der Waals surface area contributed by atoms with Crippen LogP contribution in [0.25, 0.3) is 0 Å². The number of nitrogens with zero attached hydrogens (tertiary/aromatic N) is 1. The van der Waals surface area contributed by atoms with Crippen molar-refractivity contribution in [3.05, 3.63) is 37.8 Å². The number of pyridine rings is 1. The molecule has 29 heavy (non-hydrogen) atoms. The van der Waals surface area contributed by atoms with Crippen LogP contribution < -0.4 is 10.6 Å². The summed E-state index contributed by atoms with van der Waals surface area (Å²) in [5.74, 6) is -1.36. The van der Waals surface area contributed by atoms with Crippen LogP contribution in [0.15, 0.2) is 6.20 Å². The largest absolute Gasteiger partial charge is 0.452 e. The van der Waals surface area contributed by atoms with Crippen LogP contribution >= 0.6 is 34.5 Å². The third-order valence-corrected chi connectivity index (χ3v) is 6.51. The second kappa shape index (κ2) is 9.11. The van der Waals surface area contributed by atoms with Gasteiger partial charge in [-0.05, 0) is 43.7 Å². The number of amides is 2. The number of thiophene rings is 1. The normalized spacial score (nSPS) is 12.8. The fourth-order valence-corrected chi connectivity index (χ4v) is 4.76. The predicted molar refractivity (Wildman–Crippen MR) is 113 cm³/mol. The number of aryl methyl sites for hydroxylation is 1. The molecule has 154 valence electrons. The van der Waals surface area contributed by atoms with Crippen LogP contribution in [0, 0.1) is 6.92 Å². The second-order valence-corrected chi connectivity index (χ2v) is 8.50. The summed E-state index contributed by atoms with van der Waals surface area (Å²) in [5, 5.41) is 6.27. The Morgan fingerprint density at radius 1 is 1.21 bits per heavy atom. The fourth-order valence-electron chi connectivity index (χ4n) is 3.05. The minimum Gasteiger partial charge on any atom is -0.452 e. The Labute approximate surface area is 181 Å². The molecule has 2 aromatic heterocycles. The molecule has 1 aliphatic carbocycles. The summed E-state index contributed by atoms with van der Waals surface area (Å²) >= 11 is 13.4. The highest BCUT2D eigenvalue weighted by atomic mass is 35.5. The van der Waals surface area contributed by atoms with Crippen LogP contribution in [-0.2, 0) is 27.2 Å². The fraction of sp³-hybridized carbons (Fsp3) is 0.368. The molecule has 0 fully saturated rings. The van der Waals surface area contributed by atoms with Gasteiger partial charge in [-0.2, -0.15) is 0 Å². The van der Waals surface area contributed by atoms with Crippen molar-refractivity contribution >= 4 is 63.1 Å². The molecule has 7 nitrogen and oxygen atoms in total. The van der Waals surface area contributed by atoms with E-state index < -0.39 is 18.5 Å². The number of hydrogen-bond donors (Lipinski definition) is 2. The number of aromatic nitrogens is 1. The first kappa shape index (κ1) is 21.5. The molecule has 0 saturated carbocycles. The van der Waals surface area contributed by atoms with E-state index >= 15 is 0 Å². The molecule has 3 rings (SSSR count). The van der Waals surface area contributed by atoms with E-state index in [0.29, 0.717) is 21.2 Å². The molecule has 2 heterocycles. The van der Waals surface area contributed by atoms with Crippen LogP contribution in [0.5, 0.6) is 0 Å². The first-order valence-corrected chi connectivity index (χ1v) is 10.5. The van der Waals surface area contributed by atoms with Crippen molar-refractivity contribution < 1.29 is 19.1 Å². The van der Waals surface area contributed by atoms with Crippen LogP contribution in [0.2, 0.25) is 10.0 Å². The van der Waals surface area contributed by atoms with Crippen molar-refractivity contribution in [3.63, 3.8) is 0 Å². The quantitative estimate of drug-likeness (QED) is 0.651. The lowest BCUT2D eigenvalue weighted by Gasteiger charge is -2.13. The number of rotatable bonds is 5. The van der Waals surface area contributed by atoms with Crippen LogP contribution in [0.3, 0.4) is 0 Å². The summed E-state index contributed by atoms with van der Waals surface area (Å²) in [6.45, 7) is 2.57. The van der Waals surface area contributed by atoms with Crippen molar-refractivity contribution in [1.82, 2.24) is 4.98 Å². The SMILES string of the molecule is CC(=O)Nc1sc2c(c1C(=O)OCC(=O)Nc1ncc(Cl)c(C)c1Cl)CCCC2. The highest BCUT2D eigenvalue weighted by molar-refractivity contribution is 7.17. The standard InChI is InChI=1S/C19H19Cl2N3O4S/c1-9-12(20)7-22-17(16(9)21)24-14(26)8-28-19(27)15-11-5-3-4-6-13(11)29-18(15)23-10(2)25/h7H,3-6,8H2,1-2H3,(H,23,25)(H,22,24,26). The molecule has 2 amide bonds. The average Bonchev–Trinajstić information content (AvgIpc) is 3.03. The van der Waals surface area contributed by atoms with Gasteiger partial charge in [-0.3, -0.25) is 9.59 Å². The summed E-state index contributed by atoms with van der Waals surface area (Å²) in [6.07, 6.45) is 4.98. The Morgan fingerprint density at radius 2 is 1.93 bits per heavy atom. The van der Waals surface area contributed by atoms with Gasteiger partial charge < -0.3 is 15.4 Å². The smallest absolute Gasteiger partial charge is 0.341 e. The Kier molecular flexibility index (Phi) is 6.77. The van der Waals surface area contributed by atoms with Gasteiger partial charge in [-0.15, -0.1) is 11.3 Å². The molecule has 2 aromatic rings. The number of anilines is 2. The van der Waals surface area contributed by atoms with E-state index in [1.54, 1.807) is 6.92 Å². The topological polar surface area (TPSA) is 97.4 Å². The van der Waals surface area contributed by atoms with Crippen LogP contribution in [-0.4, -0.2) is 29.4 Å². The number of ether oxygens (including phenoxy) is 1. The van der Waals surface area contributed by atoms with Gasteiger partial charge >= 0.3 is 5.97 Å². The van der Waals surface area contributed by atoms with E-state index in [9.17, 15) is 14.4 Å². The van der Waals surface area contributed by atoms with Gasteiger partial charge in [0.25, 0.3) is 5.91 Å². The van der Waals surface area contributed by atoms with Crippen molar-refractivity contribution in [2.45, 2.75) is 39.5 Å². The summed E-state index contributed by atoms with van der Waals surface area (Å²) in [6, 6.07) is 0. The molecular formula is C19H19Cl2N3O4S. The molecule has 0 spiro atoms. The van der Waals surface area contributed by atoms with Crippen LogP contribution in [0.1, 0.15) is 46.1 Å². The van der Waals surface area contributed by atoms with E-state index in [0.717, 1.165) is 36.1 Å². The zero-order chi connectivity index (χ0) is 21.1. The molecular weight excluding hydrogens is 437 g/mol. The monoisotopic (exact) mass is 455 g/mol. The van der Waals surface area contributed by atoms with Crippen molar-refractivity contribution in [3.8, 4) is 0 Å². The molecule has 0 aromatic carbocycles. The van der Waals surface area contributed by atoms with Gasteiger partial charge in [0.15, 0.2) is 12.4 Å². The lowest BCUT2D eigenvalue weighted by molar-refractivity contribution is -0.119. The third-order valence-electron chi connectivity index (χ3n) is 4.46. The van der Waals surface area contributed by atoms with Gasteiger partial charge in [-0.1, -0.05) is 23.2 Å². The lowest BCUT2D eigenvalue weighted by atomic mass is 9.95. The van der Waals surface area contributed by atoms with Gasteiger partial charge in [0.2, 0.25) is 5.91 Å². The molecule has 0 saturated heterocycles. The van der Waals surface area contributed by atoms with Crippen molar-refractivity contribution in [2.24, 2.45) is 0 Å². The summed E-state index contributed by atoms with van der Waals surface area (Å²) in [4.78, 5) is 41.5. The van der Waals surface area contributed by atoms with Crippen LogP contribution in [0.4, 0.5) is 10.8 Å². The molecule has 0 atom stereocenters. The molecule has 10 heteroatoms. The predicted octanol–water partition coefficient (Wildman–Crippen LogP) is 4.39. The Hall–Kier alpha value is -2.16. The molecule has 2 N–H and O–H groups in total. The number of halogens is 2. The summed E-state index contributed by atoms with van der Waals surface area (Å²) in [7, 11) is 0. The van der Waals surface area contributed by atoms with E-state index in [1.807, 2.05) is 0 Å². The number of nitrogens with one attached hydrogen (secondary N) is 2. The Morgan fingerprint density at radius 3 is 2.66 bits per heavy atom. The highest BCUT2D eigenvalue weighted by Crippen LogP contribution is 2.38. The Bertz CT molecular complexity index is 990. The number of fused-ring (bicyclic) bond motifs is 1. The second-order valence-electron chi connectivity index (χ2n) is 6.61. The van der Waals surface area contributed by atoms with Crippen molar-refractivity contribution in [1.29, 1.82) is 0 Å². The van der Waals surface area contributed by atoms with Gasteiger partial charge in [-0.25, -0.2) is 9.78 Å². The molecule has 0 bridgehead atoms. The van der Waals surface area contributed by atoms with Gasteiger partial charge in [0.05, 0.1) is 15.6 Å². The van der Waals surface area contributed by atoms with Gasteiger partial charge in [0.1, 0.15) is 5.00 Å². The minimum atomic E-state index is -0.644. The zero-order valence-corrected chi connectivity index (χ0v) is 18.2. The molecule has 1 aliphatic rings. The maximum absolute atomic E-state index is 12.7. The average molecular weight is 456 g/mol. The minimum absolute atomic E-state index is 0.140. The zero-order valence-electron chi connectivity index (χ0n) is 15.9. The van der Waals surface area contributed by atoms with E-state index in [4.69, 9.17) is 27.9 Å². The molecule has 0 aliphatic heterocycles. The van der Waals surface area contributed by atoms with E-state index in [2.05, 4.69) is 15.6 Å². The van der Waals surface area contributed by atoms with Crippen molar-refractivity contribution in [2.75, 3.05) is 17.2 Å². The summed E-state index contributed by atoms with van der Waals surface area (Å²) < 4.78 is 5.21. The van der Waals surface area contributed by atoms with Gasteiger partial charge in [0, 0.05) is 18.0 Å². The highest BCUT2D eigenvalue weighted by Gasteiger charge is 2.27. The van der Waals surface area contributed by atoms with E-state index in [-0.39, 0.29) is 16.7 Å². The number of carbonyl (C=O) groups is 3. The number of esters is 1. The lowest BCUT2D eigenvalue weighted by Crippen LogP contribution is -2.23. The maximum atomic E-state index is 12.7. The maximum Gasteiger partial charge on any atom is 0.341 e. The molecule has 0 unspecified atom stereocenters. The number of carbonyl (C=O) groups excluding carboxylic acids is 3. The summed E-state index contributed by atoms with van der Waals surface area (Å²) in [5.41, 5.74) is 1.82. The first-order valence-electron chi connectivity index (χ1n) is 8.97. The first-order chi connectivity index (χ1) is 13.8. The Balaban J connectivity index is 1.71. The molecule has 0 radical (unpaired) electrons. The third kappa shape index (κ3) is 4.88. The number of hydrogen-bond acceptors (Lipinski definition) is 6.